The van der Waals surface area contributed by atoms with E-state index in [0.29, 0.717) is 0 Å². The molecule has 2 aromatic rings. The summed E-state index contributed by atoms with van der Waals surface area (Å²) in [6, 6.07) is 14.3. The first kappa shape index (κ1) is 13.8. The molecule has 4 heteroatoms. The van der Waals surface area contributed by atoms with Crippen LogP contribution < -0.4 is 10.1 Å². The summed E-state index contributed by atoms with van der Waals surface area (Å²) >= 11 is 9.42. The normalized spacial score (nSPS) is 17.8. The summed E-state index contributed by atoms with van der Waals surface area (Å²) < 4.78 is 6.87. The summed E-state index contributed by atoms with van der Waals surface area (Å²) in [6.45, 7) is 0.766. The molecular weight excluding hydrogens is 338 g/mol. The number of benzene rings is 2. The molecule has 0 aliphatic carbocycles. The second-order valence-electron chi connectivity index (χ2n) is 4.88. The lowest BCUT2D eigenvalue weighted by Crippen LogP contribution is -2.10. The maximum Gasteiger partial charge on any atom is 0.125 e. The van der Waals surface area contributed by atoms with Gasteiger partial charge in [-0.25, -0.2) is 0 Å². The Morgan fingerprint density at radius 2 is 1.95 bits per heavy atom. The number of nitrogens with one attached hydrogen (secondary N) is 1. The van der Waals surface area contributed by atoms with Crippen molar-refractivity contribution in [1.29, 1.82) is 0 Å². The van der Waals surface area contributed by atoms with Gasteiger partial charge in [0.05, 0.1) is 12.6 Å². The minimum atomic E-state index is 0.266. The number of halogens is 2. The van der Waals surface area contributed by atoms with Gasteiger partial charge in [-0.3, -0.25) is 0 Å². The third kappa shape index (κ3) is 3.10. The highest BCUT2D eigenvalue weighted by atomic mass is 79.9. The summed E-state index contributed by atoms with van der Waals surface area (Å²) in [5, 5.41) is 4.32. The Labute approximate surface area is 132 Å². The van der Waals surface area contributed by atoms with Crippen LogP contribution in [-0.2, 0) is 0 Å². The topological polar surface area (TPSA) is 21.3 Å². The van der Waals surface area contributed by atoms with Crippen LogP contribution in [0.25, 0.3) is 0 Å². The highest BCUT2D eigenvalue weighted by Crippen LogP contribution is 2.35. The van der Waals surface area contributed by atoms with E-state index in [2.05, 4.69) is 33.4 Å². The molecule has 1 unspecified atom stereocenters. The quantitative estimate of drug-likeness (QED) is 0.778. The Hall–Kier alpha value is -1.19. The number of ether oxygens (including phenoxy) is 1. The van der Waals surface area contributed by atoms with E-state index in [9.17, 15) is 0 Å². The SMILES string of the molecule is Clc1ccc(NC2CCCOc3cc(Br)ccc32)cc1. The van der Waals surface area contributed by atoms with Gasteiger partial charge in [0.25, 0.3) is 0 Å². The molecule has 1 heterocycles. The van der Waals surface area contributed by atoms with Crippen LogP contribution in [0, 0.1) is 0 Å². The number of hydrogen-bond donors (Lipinski definition) is 1. The van der Waals surface area contributed by atoms with Gasteiger partial charge in [0.15, 0.2) is 0 Å². The van der Waals surface area contributed by atoms with Crippen molar-refractivity contribution in [3.63, 3.8) is 0 Å². The monoisotopic (exact) mass is 351 g/mol. The first-order valence-electron chi connectivity index (χ1n) is 6.67. The van der Waals surface area contributed by atoms with Gasteiger partial charge in [-0.1, -0.05) is 33.6 Å². The summed E-state index contributed by atoms with van der Waals surface area (Å²) in [6.07, 6.45) is 2.09. The molecule has 3 rings (SSSR count). The van der Waals surface area contributed by atoms with Crippen LogP contribution in [-0.4, -0.2) is 6.61 Å². The fourth-order valence-corrected chi connectivity index (χ4v) is 2.91. The van der Waals surface area contributed by atoms with Gasteiger partial charge in [0.1, 0.15) is 5.75 Å². The fraction of sp³-hybridized carbons (Fsp3) is 0.250. The second kappa shape index (κ2) is 6.06. The standard InChI is InChI=1S/C16H15BrClNO/c17-11-3-8-14-15(2-1-9-20-16(14)10-11)19-13-6-4-12(18)5-7-13/h3-8,10,15,19H,1-2,9H2. The van der Waals surface area contributed by atoms with E-state index in [1.54, 1.807) is 0 Å². The van der Waals surface area contributed by atoms with Gasteiger partial charge < -0.3 is 10.1 Å². The van der Waals surface area contributed by atoms with Crippen LogP contribution in [0.5, 0.6) is 5.75 Å². The summed E-state index contributed by atoms with van der Waals surface area (Å²) in [7, 11) is 0. The first-order valence-corrected chi connectivity index (χ1v) is 7.84. The molecule has 20 heavy (non-hydrogen) atoms. The van der Waals surface area contributed by atoms with Crippen molar-refractivity contribution in [3.8, 4) is 5.75 Å². The minimum Gasteiger partial charge on any atom is -0.493 e. The van der Waals surface area contributed by atoms with Crippen molar-refractivity contribution in [1.82, 2.24) is 0 Å². The molecular formula is C16H15BrClNO. The van der Waals surface area contributed by atoms with Crippen molar-refractivity contribution < 1.29 is 4.74 Å². The minimum absolute atomic E-state index is 0.266. The largest absolute Gasteiger partial charge is 0.493 e. The Balaban J connectivity index is 1.88. The zero-order valence-electron chi connectivity index (χ0n) is 10.9. The molecule has 0 radical (unpaired) electrons. The van der Waals surface area contributed by atoms with E-state index in [-0.39, 0.29) is 6.04 Å². The highest BCUT2D eigenvalue weighted by Gasteiger charge is 2.19. The second-order valence-corrected chi connectivity index (χ2v) is 6.23. The van der Waals surface area contributed by atoms with Gasteiger partial charge in [0.2, 0.25) is 0 Å². The van der Waals surface area contributed by atoms with Crippen LogP contribution in [0.15, 0.2) is 46.9 Å². The van der Waals surface area contributed by atoms with Crippen molar-refractivity contribution in [2.24, 2.45) is 0 Å². The van der Waals surface area contributed by atoms with Gasteiger partial charge in [-0.2, -0.15) is 0 Å². The average Bonchev–Trinajstić information content (AvgIpc) is 2.63. The predicted molar refractivity (Wildman–Crippen MR) is 86.7 cm³/mol. The molecule has 0 bridgehead atoms. The van der Waals surface area contributed by atoms with Gasteiger partial charge in [-0.15, -0.1) is 0 Å². The van der Waals surface area contributed by atoms with Crippen LogP contribution >= 0.6 is 27.5 Å². The molecule has 0 amide bonds. The highest BCUT2D eigenvalue weighted by molar-refractivity contribution is 9.10. The van der Waals surface area contributed by atoms with Gasteiger partial charge in [0, 0.05) is 20.7 Å². The Morgan fingerprint density at radius 3 is 2.75 bits per heavy atom. The third-order valence-electron chi connectivity index (χ3n) is 3.43. The van der Waals surface area contributed by atoms with E-state index in [1.807, 2.05) is 30.3 Å². The lowest BCUT2D eigenvalue weighted by atomic mass is 10.0. The smallest absolute Gasteiger partial charge is 0.125 e. The third-order valence-corrected chi connectivity index (χ3v) is 4.18. The number of rotatable bonds is 2. The van der Waals surface area contributed by atoms with Crippen LogP contribution in [0.1, 0.15) is 24.4 Å². The molecule has 1 N–H and O–H groups in total. The number of hydrogen-bond acceptors (Lipinski definition) is 2. The zero-order chi connectivity index (χ0) is 13.9. The molecule has 0 fully saturated rings. The van der Waals surface area contributed by atoms with E-state index in [0.717, 1.165) is 40.4 Å². The van der Waals surface area contributed by atoms with E-state index in [4.69, 9.17) is 16.3 Å². The number of anilines is 1. The van der Waals surface area contributed by atoms with E-state index >= 15 is 0 Å². The first-order chi connectivity index (χ1) is 9.72. The van der Waals surface area contributed by atoms with Crippen LogP contribution in [0.3, 0.4) is 0 Å². The van der Waals surface area contributed by atoms with Crippen LogP contribution in [0.4, 0.5) is 5.69 Å². The Bertz CT molecular complexity index is 600. The average molecular weight is 353 g/mol. The van der Waals surface area contributed by atoms with Gasteiger partial charge in [-0.05, 0) is 49.2 Å². The molecule has 1 atom stereocenters. The zero-order valence-corrected chi connectivity index (χ0v) is 13.2. The van der Waals surface area contributed by atoms with Gasteiger partial charge >= 0.3 is 0 Å². The maximum atomic E-state index is 5.93. The lowest BCUT2D eigenvalue weighted by Gasteiger charge is -2.20. The fourth-order valence-electron chi connectivity index (χ4n) is 2.44. The molecule has 0 aromatic heterocycles. The molecule has 0 saturated carbocycles. The number of fused-ring (bicyclic) bond motifs is 1. The predicted octanol–water partition coefficient (Wildman–Crippen LogP) is 5.43. The Morgan fingerprint density at radius 1 is 1.15 bits per heavy atom. The summed E-state index contributed by atoms with van der Waals surface area (Å²) in [5.41, 5.74) is 2.29. The molecule has 0 spiro atoms. The van der Waals surface area contributed by atoms with E-state index < -0.39 is 0 Å². The van der Waals surface area contributed by atoms with Crippen molar-refractivity contribution in [2.75, 3.05) is 11.9 Å². The molecule has 0 saturated heterocycles. The van der Waals surface area contributed by atoms with Crippen LogP contribution in [0.2, 0.25) is 5.02 Å². The summed E-state index contributed by atoms with van der Waals surface area (Å²) in [5.74, 6) is 0.961. The molecule has 1 aliphatic heterocycles. The Kier molecular flexibility index (Phi) is 4.18. The van der Waals surface area contributed by atoms with Crippen molar-refractivity contribution in [3.05, 3.63) is 57.5 Å². The van der Waals surface area contributed by atoms with E-state index in [1.165, 1.54) is 5.56 Å². The van der Waals surface area contributed by atoms with Crippen molar-refractivity contribution >= 4 is 33.2 Å². The molecule has 2 aromatic carbocycles. The molecule has 2 nitrogen and oxygen atoms in total. The summed E-state index contributed by atoms with van der Waals surface area (Å²) in [4.78, 5) is 0. The maximum absolute atomic E-state index is 5.93. The van der Waals surface area contributed by atoms with Crippen molar-refractivity contribution in [2.45, 2.75) is 18.9 Å². The lowest BCUT2D eigenvalue weighted by molar-refractivity contribution is 0.316. The molecule has 104 valence electrons. The molecule has 1 aliphatic rings.